The van der Waals surface area contributed by atoms with Gasteiger partial charge in [-0.2, -0.15) is 0 Å². The molecule has 0 unspecified atom stereocenters. The Hall–Kier alpha value is -8.14. The number of hydrogen-bond acceptors (Lipinski definition) is 3. The summed E-state index contributed by atoms with van der Waals surface area (Å²) in [6, 6.07) is 76.2. The maximum atomic E-state index is 7.09. The molecule has 0 N–H and O–H groups in total. The van der Waals surface area contributed by atoms with Crippen LogP contribution in [0.5, 0.6) is 0 Å². The second-order valence-electron chi connectivity index (χ2n) is 16.0. The van der Waals surface area contributed by atoms with Crippen LogP contribution in [0, 0.1) is 0 Å². The van der Waals surface area contributed by atoms with Crippen LogP contribution in [0.4, 0.5) is 17.1 Å². The molecule has 0 saturated heterocycles. The van der Waals surface area contributed by atoms with Gasteiger partial charge in [0.1, 0.15) is 16.7 Å². The van der Waals surface area contributed by atoms with Crippen LogP contribution in [-0.2, 0) is 0 Å². The maximum absolute atomic E-state index is 7.09. The molecule has 0 spiro atoms. The van der Waals surface area contributed by atoms with Crippen molar-refractivity contribution < 1.29 is 8.83 Å². The van der Waals surface area contributed by atoms with Crippen molar-refractivity contribution in [2.45, 2.75) is 0 Å². The van der Waals surface area contributed by atoms with Gasteiger partial charge in [0.15, 0.2) is 5.58 Å². The van der Waals surface area contributed by atoms with E-state index in [9.17, 15) is 0 Å². The van der Waals surface area contributed by atoms with Crippen LogP contribution in [-0.4, -0.2) is 0 Å². The van der Waals surface area contributed by atoms with Crippen LogP contribution in [0.3, 0.4) is 0 Å². The lowest BCUT2D eigenvalue weighted by Gasteiger charge is -2.27. The van der Waals surface area contributed by atoms with Gasteiger partial charge in [0, 0.05) is 38.5 Å². The van der Waals surface area contributed by atoms with Crippen LogP contribution in [0.1, 0.15) is 0 Å². The minimum atomic E-state index is 0.822. The van der Waals surface area contributed by atoms with E-state index < -0.39 is 0 Å². The summed E-state index contributed by atoms with van der Waals surface area (Å²) in [4.78, 5) is 2.39. The summed E-state index contributed by atoms with van der Waals surface area (Å²) in [5.74, 6) is 0. The van der Waals surface area contributed by atoms with Crippen molar-refractivity contribution >= 4 is 104 Å². The monoisotopic (exact) mass is 777 g/mol. The topological polar surface area (TPSA) is 29.5 Å². The van der Waals surface area contributed by atoms with Gasteiger partial charge in [-0.3, -0.25) is 0 Å². The highest BCUT2D eigenvalue weighted by Crippen LogP contribution is 2.50. The largest absolute Gasteiger partial charge is 0.455 e. The minimum Gasteiger partial charge on any atom is -0.455 e. The Morgan fingerprint density at radius 1 is 0.295 bits per heavy atom. The van der Waals surface area contributed by atoms with Crippen molar-refractivity contribution in [3.8, 4) is 22.3 Å². The Labute approximate surface area is 350 Å². The number of rotatable bonds is 5. The van der Waals surface area contributed by atoms with Crippen molar-refractivity contribution in [3.05, 3.63) is 212 Å². The lowest BCUT2D eigenvalue weighted by Crippen LogP contribution is -2.10. The number of furan rings is 2. The van der Waals surface area contributed by atoms with Gasteiger partial charge in [0.2, 0.25) is 0 Å². The van der Waals surface area contributed by atoms with E-state index in [1.807, 2.05) is 6.07 Å². The van der Waals surface area contributed by atoms with Crippen molar-refractivity contribution in [1.29, 1.82) is 0 Å². The molecule has 2 heterocycles. The highest BCUT2D eigenvalue weighted by atomic mass is 16.3. The van der Waals surface area contributed by atoms with E-state index in [2.05, 4.69) is 211 Å². The van der Waals surface area contributed by atoms with E-state index in [-0.39, 0.29) is 0 Å². The van der Waals surface area contributed by atoms with E-state index in [4.69, 9.17) is 8.83 Å². The Balaban J connectivity index is 1.12. The Bertz CT molecular complexity index is 3770. The summed E-state index contributed by atoms with van der Waals surface area (Å²) in [5.41, 5.74) is 10.8. The smallest absolute Gasteiger partial charge is 0.160 e. The molecule has 3 nitrogen and oxygen atoms in total. The summed E-state index contributed by atoms with van der Waals surface area (Å²) in [6.07, 6.45) is 0. The number of para-hydroxylation sites is 2. The molecule has 284 valence electrons. The summed E-state index contributed by atoms with van der Waals surface area (Å²) in [5, 5.41) is 14.0. The molecular formula is C58H35NO2. The van der Waals surface area contributed by atoms with E-state index in [1.54, 1.807) is 0 Å². The third kappa shape index (κ3) is 5.17. The molecule has 61 heavy (non-hydrogen) atoms. The quantitative estimate of drug-likeness (QED) is 0.163. The lowest BCUT2D eigenvalue weighted by molar-refractivity contribution is 0.669. The number of benzene rings is 11. The van der Waals surface area contributed by atoms with E-state index in [0.717, 1.165) is 83.2 Å². The third-order valence-electron chi connectivity index (χ3n) is 12.6. The predicted molar refractivity (Wildman–Crippen MR) is 257 cm³/mol. The summed E-state index contributed by atoms with van der Waals surface area (Å²) < 4.78 is 13.9. The first-order valence-electron chi connectivity index (χ1n) is 20.8. The zero-order valence-electron chi connectivity index (χ0n) is 33.0. The molecule has 0 bridgehead atoms. The number of hydrogen-bond donors (Lipinski definition) is 0. The molecular weight excluding hydrogens is 743 g/mol. The van der Waals surface area contributed by atoms with Gasteiger partial charge in [-0.05, 0) is 108 Å². The number of fused-ring (bicyclic) bond motifs is 12. The van der Waals surface area contributed by atoms with Crippen LogP contribution in [0.25, 0.3) is 109 Å². The number of anilines is 3. The second kappa shape index (κ2) is 13.2. The van der Waals surface area contributed by atoms with Gasteiger partial charge < -0.3 is 13.7 Å². The minimum absolute atomic E-state index is 0.822. The van der Waals surface area contributed by atoms with Crippen molar-refractivity contribution in [1.82, 2.24) is 0 Å². The molecule has 3 heteroatoms. The third-order valence-corrected chi connectivity index (χ3v) is 12.6. The molecule has 0 aliphatic carbocycles. The Morgan fingerprint density at radius 2 is 0.721 bits per heavy atom. The summed E-state index contributed by atoms with van der Waals surface area (Å²) in [7, 11) is 0. The van der Waals surface area contributed by atoms with Gasteiger partial charge in [-0.15, -0.1) is 0 Å². The molecule has 0 aliphatic heterocycles. The van der Waals surface area contributed by atoms with Crippen molar-refractivity contribution in [3.63, 3.8) is 0 Å². The zero-order valence-corrected chi connectivity index (χ0v) is 33.0. The van der Waals surface area contributed by atoms with Crippen LogP contribution in [0.2, 0.25) is 0 Å². The average Bonchev–Trinajstić information content (AvgIpc) is 3.92. The molecule has 13 rings (SSSR count). The fourth-order valence-electron chi connectivity index (χ4n) is 9.80. The fraction of sp³-hybridized carbons (Fsp3) is 0. The van der Waals surface area contributed by atoms with Crippen LogP contribution in [0.15, 0.2) is 221 Å². The Kier molecular flexibility index (Phi) is 7.31. The first-order valence-corrected chi connectivity index (χ1v) is 20.8. The molecule has 0 saturated carbocycles. The van der Waals surface area contributed by atoms with E-state index in [0.29, 0.717) is 0 Å². The van der Waals surface area contributed by atoms with Gasteiger partial charge in [0.05, 0.1) is 5.69 Å². The summed E-state index contributed by atoms with van der Waals surface area (Å²) >= 11 is 0. The first-order chi connectivity index (χ1) is 30.2. The molecule has 11 aromatic carbocycles. The van der Waals surface area contributed by atoms with Crippen molar-refractivity contribution in [2.75, 3.05) is 4.90 Å². The molecule has 0 amide bonds. The average molecular weight is 778 g/mol. The SMILES string of the molecule is c1ccc(-c2ccc(-c3ccc(N(c4ccc5ccc6ccccc6c5c4)c4ccc5ccc6ccccc6c5c4)c4oc5ccccc5c34)c3c2oc2ccccc23)cc1. The maximum Gasteiger partial charge on any atom is 0.160 e. The zero-order chi connectivity index (χ0) is 40.0. The van der Waals surface area contributed by atoms with Gasteiger partial charge in [-0.1, -0.05) is 164 Å². The van der Waals surface area contributed by atoms with Crippen LogP contribution >= 0.6 is 0 Å². The predicted octanol–water partition coefficient (Wildman–Crippen LogP) is 16.9. The van der Waals surface area contributed by atoms with E-state index in [1.165, 1.54) is 43.1 Å². The van der Waals surface area contributed by atoms with Gasteiger partial charge in [-0.25, -0.2) is 0 Å². The highest BCUT2D eigenvalue weighted by molar-refractivity contribution is 6.23. The highest BCUT2D eigenvalue weighted by Gasteiger charge is 2.25. The normalized spacial score (nSPS) is 11.9. The molecule has 0 radical (unpaired) electrons. The molecule has 13 aromatic rings. The van der Waals surface area contributed by atoms with Crippen molar-refractivity contribution in [2.24, 2.45) is 0 Å². The molecule has 0 fully saturated rings. The van der Waals surface area contributed by atoms with Crippen LogP contribution < -0.4 is 4.90 Å². The summed E-state index contributed by atoms with van der Waals surface area (Å²) in [6.45, 7) is 0. The number of nitrogens with zero attached hydrogens (tertiary/aromatic N) is 1. The Morgan fingerprint density at radius 3 is 1.31 bits per heavy atom. The standard InChI is InChI=1S/C58H35NO2/c1-2-12-36(13-3-1)45-30-31-46(55-48-18-8-10-20-53(48)60-57(45)55)47-32-33-52(58-56(47)49-19-9-11-21-54(49)61-58)59(41-28-26-39-24-22-37-14-4-6-16-43(37)50(39)34-41)42-29-27-40-25-23-38-15-5-7-17-44(38)51(40)35-42/h1-35H. The molecule has 0 aliphatic rings. The fourth-order valence-corrected chi connectivity index (χ4v) is 9.80. The van der Waals surface area contributed by atoms with Gasteiger partial charge >= 0.3 is 0 Å². The van der Waals surface area contributed by atoms with E-state index >= 15 is 0 Å². The van der Waals surface area contributed by atoms with Gasteiger partial charge in [0.25, 0.3) is 0 Å². The lowest BCUT2D eigenvalue weighted by atomic mass is 9.92. The molecule has 2 aromatic heterocycles. The second-order valence-corrected chi connectivity index (χ2v) is 16.0. The first kappa shape index (κ1) is 33.8. The molecule has 0 atom stereocenters.